The van der Waals surface area contributed by atoms with Crippen LogP contribution in [0.4, 0.5) is 4.79 Å². The van der Waals surface area contributed by atoms with Gasteiger partial charge in [-0.25, -0.2) is 4.79 Å². The number of likely N-dealkylation sites (tertiary alicyclic amines) is 1. The van der Waals surface area contributed by atoms with Crippen LogP contribution in [0.15, 0.2) is 54.7 Å². The van der Waals surface area contributed by atoms with Crippen molar-refractivity contribution in [2.24, 2.45) is 0 Å². The molecule has 1 saturated heterocycles. The Labute approximate surface area is 168 Å². The molecule has 2 atom stereocenters. The maximum atomic E-state index is 13.0. The predicted molar refractivity (Wildman–Crippen MR) is 106 cm³/mol. The summed E-state index contributed by atoms with van der Waals surface area (Å²) in [5.74, 6) is 0.585. The molecule has 29 heavy (non-hydrogen) atoms. The molecule has 3 heterocycles. The highest BCUT2D eigenvalue weighted by Gasteiger charge is 2.35. The first-order valence-electron chi connectivity index (χ1n) is 9.71. The second-order valence-corrected chi connectivity index (χ2v) is 7.10. The Morgan fingerprint density at radius 3 is 2.79 bits per heavy atom. The number of nitrogens with one attached hydrogen (secondary N) is 1. The van der Waals surface area contributed by atoms with Crippen LogP contribution in [-0.4, -0.2) is 44.1 Å². The van der Waals surface area contributed by atoms with Crippen molar-refractivity contribution >= 4 is 17.6 Å². The summed E-state index contributed by atoms with van der Waals surface area (Å²) in [5, 5.41) is 11.1. The van der Waals surface area contributed by atoms with Crippen LogP contribution < -0.4 is 5.32 Å². The minimum absolute atomic E-state index is 0.156. The van der Waals surface area contributed by atoms with Crippen LogP contribution in [0.3, 0.4) is 0 Å². The van der Waals surface area contributed by atoms with E-state index in [4.69, 9.17) is 4.74 Å². The molecule has 8 nitrogen and oxygen atoms in total. The smallest absolute Gasteiger partial charge is 0.408 e. The number of pyridine rings is 1. The van der Waals surface area contributed by atoms with Crippen LogP contribution in [0, 0.1) is 0 Å². The second kappa shape index (κ2) is 8.30. The van der Waals surface area contributed by atoms with E-state index in [1.165, 1.54) is 0 Å². The number of carbonyl (C=O) groups is 2. The number of amides is 2. The van der Waals surface area contributed by atoms with Crippen molar-refractivity contribution < 1.29 is 14.3 Å². The lowest BCUT2D eigenvalue weighted by molar-refractivity contribution is -0.134. The van der Waals surface area contributed by atoms with E-state index in [1.54, 1.807) is 11.8 Å². The Hall–Kier alpha value is -3.42. The zero-order valence-electron chi connectivity index (χ0n) is 16.2. The van der Waals surface area contributed by atoms with Gasteiger partial charge < -0.3 is 15.0 Å². The Kier molecular flexibility index (Phi) is 5.41. The largest absolute Gasteiger partial charge is 0.445 e. The van der Waals surface area contributed by atoms with E-state index in [1.807, 2.05) is 59.1 Å². The van der Waals surface area contributed by atoms with E-state index in [0.717, 1.165) is 29.9 Å². The molecule has 1 aliphatic rings. The van der Waals surface area contributed by atoms with E-state index in [0.29, 0.717) is 6.54 Å². The van der Waals surface area contributed by atoms with Gasteiger partial charge in [0.15, 0.2) is 11.5 Å². The topological polar surface area (TPSA) is 88.8 Å². The van der Waals surface area contributed by atoms with Gasteiger partial charge in [-0.3, -0.25) is 9.20 Å². The normalized spacial score (nSPS) is 17.3. The molecular formula is C21H23N5O3. The zero-order chi connectivity index (χ0) is 20.2. The molecule has 2 aromatic heterocycles. The van der Waals surface area contributed by atoms with Crippen molar-refractivity contribution in [2.75, 3.05) is 6.54 Å². The van der Waals surface area contributed by atoms with Crippen LogP contribution in [0.5, 0.6) is 0 Å². The highest BCUT2D eigenvalue weighted by Crippen LogP contribution is 2.31. The summed E-state index contributed by atoms with van der Waals surface area (Å²) in [6, 6.07) is 14.2. The van der Waals surface area contributed by atoms with Gasteiger partial charge in [0.25, 0.3) is 0 Å². The first-order valence-corrected chi connectivity index (χ1v) is 9.71. The molecule has 1 aromatic carbocycles. The lowest BCUT2D eigenvalue weighted by Gasteiger charge is -2.26. The standard InChI is InChI=1S/C21H23N5O3/c1-15(22-21(28)29-14-16-8-3-2-4-9-16)20(27)25-13-7-10-17(25)19-24-23-18-11-5-6-12-26(18)19/h2-6,8-9,11-12,15,17H,7,10,13-14H2,1H3,(H,22,28)/t15-,17-/m0/s1. The fourth-order valence-electron chi connectivity index (χ4n) is 3.64. The Balaban J connectivity index is 1.39. The van der Waals surface area contributed by atoms with Gasteiger partial charge in [-0.2, -0.15) is 0 Å². The molecule has 4 rings (SSSR count). The number of aromatic nitrogens is 3. The Morgan fingerprint density at radius 1 is 1.17 bits per heavy atom. The number of hydrogen-bond donors (Lipinski definition) is 1. The first-order chi connectivity index (χ1) is 14.1. The van der Waals surface area contributed by atoms with Gasteiger partial charge in [-0.05, 0) is 37.5 Å². The van der Waals surface area contributed by atoms with E-state index in [9.17, 15) is 9.59 Å². The molecule has 0 unspecified atom stereocenters. The summed E-state index contributed by atoms with van der Waals surface area (Å²) in [7, 11) is 0. The number of alkyl carbamates (subject to hydrolysis) is 1. The third kappa shape index (κ3) is 4.06. The minimum atomic E-state index is -0.696. The highest BCUT2D eigenvalue weighted by molar-refractivity contribution is 5.85. The molecule has 0 aliphatic carbocycles. The summed E-state index contributed by atoms with van der Waals surface area (Å²) < 4.78 is 7.13. The maximum absolute atomic E-state index is 13.0. The molecule has 1 fully saturated rings. The van der Waals surface area contributed by atoms with Gasteiger partial charge in [-0.1, -0.05) is 36.4 Å². The molecule has 0 saturated carbocycles. The molecule has 1 N–H and O–H groups in total. The van der Waals surface area contributed by atoms with Crippen LogP contribution >= 0.6 is 0 Å². The molecule has 150 valence electrons. The van der Waals surface area contributed by atoms with Gasteiger partial charge >= 0.3 is 6.09 Å². The number of rotatable bonds is 5. The van der Waals surface area contributed by atoms with Crippen LogP contribution in [0.2, 0.25) is 0 Å². The van der Waals surface area contributed by atoms with Gasteiger partial charge in [0.05, 0.1) is 6.04 Å². The van der Waals surface area contributed by atoms with Crippen molar-refractivity contribution in [3.8, 4) is 0 Å². The van der Waals surface area contributed by atoms with Crippen molar-refractivity contribution in [3.05, 3.63) is 66.1 Å². The zero-order valence-corrected chi connectivity index (χ0v) is 16.2. The second-order valence-electron chi connectivity index (χ2n) is 7.10. The quantitative estimate of drug-likeness (QED) is 0.720. The average molecular weight is 393 g/mol. The SMILES string of the molecule is C[C@H](NC(=O)OCc1ccccc1)C(=O)N1CCC[C@H]1c1nnc2ccccn12. The fraction of sp³-hybridized carbons (Fsp3) is 0.333. The lowest BCUT2D eigenvalue weighted by Crippen LogP contribution is -2.47. The van der Waals surface area contributed by atoms with Gasteiger partial charge in [0.2, 0.25) is 5.91 Å². The fourth-order valence-corrected chi connectivity index (χ4v) is 3.64. The molecule has 1 aliphatic heterocycles. The van der Waals surface area contributed by atoms with E-state index in [2.05, 4.69) is 15.5 Å². The van der Waals surface area contributed by atoms with Gasteiger partial charge in [0.1, 0.15) is 12.6 Å². The first kappa shape index (κ1) is 18.9. The van der Waals surface area contributed by atoms with Gasteiger partial charge in [-0.15, -0.1) is 10.2 Å². The third-order valence-electron chi connectivity index (χ3n) is 5.09. The number of fused-ring (bicyclic) bond motifs is 1. The number of nitrogens with zero attached hydrogens (tertiary/aromatic N) is 4. The van der Waals surface area contributed by atoms with Crippen LogP contribution in [0.1, 0.15) is 37.2 Å². The summed E-state index contributed by atoms with van der Waals surface area (Å²) in [4.78, 5) is 26.9. The molecule has 0 bridgehead atoms. The molecule has 2 amide bonds. The molecule has 0 spiro atoms. The molecular weight excluding hydrogens is 370 g/mol. The predicted octanol–water partition coefficient (Wildman–Crippen LogP) is 2.71. The van der Waals surface area contributed by atoms with E-state index >= 15 is 0 Å². The third-order valence-corrected chi connectivity index (χ3v) is 5.09. The number of carbonyl (C=O) groups excluding carboxylic acids is 2. The monoisotopic (exact) mass is 393 g/mol. The minimum Gasteiger partial charge on any atom is -0.445 e. The number of benzene rings is 1. The Bertz CT molecular complexity index is 1000. The van der Waals surface area contributed by atoms with Crippen LogP contribution in [0.25, 0.3) is 5.65 Å². The number of hydrogen-bond acceptors (Lipinski definition) is 5. The average Bonchev–Trinajstić information content (AvgIpc) is 3.39. The summed E-state index contributed by atoms with van der Waals surface area (Å²) >= 11 is 0. The number of ether oxygens (including phenoxy) is 1. The van der Waals surface area contributed by atoms with Crippen LogP contribution in [-0.2, 0) is 16.1 Å². The lowest BCUT2D eigenvalue weighted by atomic mass is 10.2. The van der Waals surface area contributed by atoms with Crippen molar-refractivity contribution in [1.82, 2.24) is 24.8 Å². The Morgan fingerprint density at radius 2 is 1.97 bits per heavy atom. The molecule has 0 radical (unpaired) electrons. The summed E-state index contributed by atoms with van der Waals surface area (Å²) in [6.45, 7) is 2.45. The van der Waals surface area contributed by atoms with Gasteiger partial charge in [0, 0.05) is 12.7 Å². The highest BCUT2D eigenvalue weighted by atomic mass is 16.5. The van der Waals surface area contributed by atoms with Crippen molar-refractivity contribution in [1.29, 1.82) is 0 Å². The maximum Gasteiger partial charge on any atom is 0.408 e. The van der Waals surface area contributed by atoms with Crippen molar-refractivity contribution in [3.63, 3.8) is 0 Å². The summed E-state index contributed by atoms with van der Waals surface area (Å²) in [6.07, 6.45) is 2.97. The molecule has 3 aromatic rings. The van der Waals surface area contributed by atoms with E-state index in [-0.39, 0.29) is 18.6 Å². The summed E-state index contributed by atoms with van der Waals surface area (Å²) in [5.41, 5.74) is 1.64. The molecule has 8 heteroatoms. The van der Waals surface area contributed by atoms with Crippen molar-refractivity contribution in [2.45, 2.75) is 38.5 Å². The van der Waals surface area contributed by atoms with E-state index < -0.39 is 12.1 Å².